The fourth-order valence-corrected chi connectivity index (χ4v) is 0.819. The van der Waals surface area contributed by atoms with Gasteiger partial charge in [-0.1, -0.05) is 0 Å². The average Bonchev–Trinajstić information content (AvgIpc) is 2.23. The third kappa shape index (κ3) is 8.58. The first kappa shape index (κ1) is 16.4. The Bertz CT molecular complexity index is 284. The lowest BCUT2D eigenvalue weighted by molar-refractivity contribution is -0.173. The van der Waals surface area contributed by atoms with Crippen molar-refractivity contribution in [2.45, 2.75) is 12.2 Å². The normalized spacial score (nSPS) is 12.9. The minimum Gasteiger partial charge on any atom is -0.480 e. The van der Waals surface area contributed by atoms with Crippen LogP contribution in [0.15, 0.2) is 0 Å². The Morgan fingerprint density at radius 2 is 1.94 bits per heavy atom. The largest absolute Gasteiger partial charge is 0.480 e. The van der Waals surface area contributed by atoms with Crippen LogP contribution in [0, 0.1) is 0 Å². The lowest BCUT2D eigenvalue weighted by Crippen LogP contribution is -2.48. The Hall–Kier alpha value is -1.55. The topological polar surface area (TPSA) is 108 Å². The van der Waals surface area contributed by atoms with Crippen LogP contribution in [0.4, 0.5) is 18.0 Å². The molecule has 1 atom stereocenters. The molecule has 2 amide bonds. The summed E-state index contributed by atoms with van der Waals surface area (Å²) in [6.45, 7) is -2.82. The van der Waals surface area contributed by atoms with Crippen molar-refractivity contribution in [1.29, 1.82) is 0 Å². The average molecular weight is 274 g/mol. The standard InChI is InChI=1S/C8H13F3N2O5/c9-8(10,11)4-18-2-1-12-7(17)13-5(3-14)6(15)16/h5,14H,1-4H2,(H,15,16)(H2,12,13,17)/t5-/m0/s1. The van der Waals surface area contributed by atoms with Crippen molar-refractivity contribution in [3.63, 3.8) is 0 Å². The fourth-order valence-electron chi connectivity index (χ4n) is 0.819. The van der Waals surface area contributed by atoms with Crippen molar-refractivity contribution < 1.29 is 37.7 Å². The van der Waals surface area contributed by atoms with E-state index in [0.717, 1.165) is 0 Å². The number of carboxylic acid groups (broad SMARTS) is 1. The van der Waals surface area contributed by atoms with Gasteiger partial charge in [0.1, 0.15) is 6.61 Å². The van der Waals surface area contributed by atoms with E-state index in [1.807, 2.05) is 5.32 Å². The van der Waals surface area contributed by atoms with Crippen molar-refractivity contribution in [2.24, 2.45) is 0 Å². The molecule has 106 valence electrons. The number of carbonyl (C=O) groups is 2. The summed E-state index contributed by atoms with van der Waals surface area (Å²) in [5, 5.41) is 21.0. The van der Waals surface area contributed by atoms with Crippen LogP contribution in [0.2, 0.25) is 0 Å². The molecule has 0 spiro atoms. The van der Waals surface area contributed by atoms with E-state index in [0.29, 0.717) is 0 Å². The number of hydrogen-bond acceptors (Lipinski definition) is 4. The fraction of sp³-hybridized carbons (Fsp3) is 0.750. The molecule has 0 heterocycles. The van der Waals surface area contributed by atoms with Gasteiger partial charge in [-0.3, -0.25) is 0 Å². The maximum atomic E-state index is 11.6. The molecule has 0 unspecified atom stereocenters. The first-order valence-electron chi connectivity index (χ1n) is 4.79. The maximum absolute atomic E-state index is 11.6. The summed E-state index contributed by atoms with van der Waals surface area (Å²) in [4.78, 5) is 21.4. The Morgan fingerprint density at radius 1 is 1.33 bits per heavy atom. The highest BCUT2D eigenvalue weighted by atomic mass is 19.4. The van der Waals surface area contributed by atoms with Crippen LogP contribution in [0.1, 0.15) is 0 Å². The highest BCUT2D eigenvalue weighted by Gasteiger charge is 2.27. The van der Waals surface area contributed by atoms with Gasteiger partial charge in [0.25, 0.3) is 0 Å². The second kappa shape index (κ2) is 7.71. The van der Waals surface area contributed by atoms with Gasteiger partial charge in [-0.2, -0.15) is 13.2 Å². The first-order chi connectivity index (χ1) is 8.26. The molecule has 0 aromatic heterocycles. The van der Waals surface area contributed by atoms with Gasteiger partial charge in [0, 0.05) is 6.54 Å². The van der Waals surface area contributed by atoms with Crippen molar-refractivity contribution in [2.75, 3.05) is 26.4 Å². The zero-order valence-corrected chi connectivity index (χ0v) is 9.16. The molecule has 10 heteroatoms. The summed E-state index contributed by atoms with van der Waals surface area (Å²) in [5.41, 5.74) is 0. The van der Waals surface area contributed by atoms with E-state index in [1.165, 1.54) is 0 Å². The predicted octanol–water partition coefficient (Wildman–Crippen LogP) is -0.690. The highest BCUT2D eigenvalue weighted by Crippen LogP contribution is 2.13. The van der Waals surface area contributed by atoms with E-state index in [9.17, 15) is 22.8 Å². The minimum absolute atomic E-state index is 0.223. The van der Waals surface area contributed by atoms with E-state index in [2.05, 4.69) is 10.1 Å². The quantitative estimate of drug-likeness (QED) is 0.460. The Morgan fingerprint density at radius 3 is 2.39 bits per heavy atom. The van der Waals surface area contributed by atoms with E-state index >= 15 is 0 Å². The monoisotopic (exact) mass is 274 g/mol. The van der Waals surface area contributed by atoms with Gasteiger partial charge in [-0.25, -0.2) is 9.59 Å². The Balaban J connectivity index is 3.68. The van der Waals surface area contributed by atoms with E-state index in [1.54, 1.807) is 0 Å². The molecule has 0 rings (SSSR count). The molecular formula is C8H13F3N2O5. The van der Waals surface area contributed by atoms with Gasteiger partial charge in [-0.05, 0) is 0 Å². The number of hydrogen-bond donors (Lipinski definition) is 4. The van der Waals surface area contributed by atoms with E-state index < -0.39 is 37.4 Å². The van der Waals surface area contributed by atoms with Crippen molar-refractivity contribution >= 4 is 12.0 Å². The molecule has 18 heavy (non-hydrogen) atoms. The molecule has 0 aliphatic rings. The number of rotatable bonds is 7. The zero-order valence-electron chi connectivity index (χ0n) is 9.16. The van der Waals surface area contributed by atoms with Crippen molar-refractivity contribution in [3.05, 3.63) is 0 Å². The summed E-state index contributed by atoms with van der Waals surface area (Å²) in [5.74, 6) is -1.43. The summed E-state index contributed by atoms with van der Waals surface area (Å²) in [7, 11) is 0. The molecule has 0 radical (unpaired) electrons. The molecule has 0 bridgehead atoms. The molecule has 4 N–H and O–H groups in total. The van der Waals surface area contributed by atoms with Crippen LogP contribution in [-0.4, -0.2) is 60.8 Å². The van der Waals surface area contributed by atoms with Crippen LogP contribution in [-0.2, 0) is 9.53 Å². The smallest absolute Gasteiger partial charge is 0.411 e. The molecule has 0 aromatic carbocycles. The third-order valence-electron chi connectivity index (χ3n) is 1.58. The number of carbonyl (C=O) groups excluding carboxylic acids is 1. The predicted molar refractivity (Wildman–Crippen MR) is 51.9 cm³/mol. The van der Waals surface area contributed by atoms with Crippen LogP contribution in [0.3, 0.4) is 0 Å². The highest BCUT2D eigenvalue weighted by molar-refractivity contribution is 5.82. The number of aliphatic hydroxyl groups excluding tert-OH is 1. The summed E-state index contributed by atoms with van der Waals surface area (Å²) in [6.07, 6.45) is -4.44. The second-order valence-electron chi connectivity index (χ2n) is 3.14. The van der Waals surface area contributed by atoms with Crippen molar-refractivity contribution in [3.8, 4) is 0 Å². The Labute approximate surface area is 99.9 Å². The summed E-state index contributed by atoms with van der Waals surface area (Å²) < 4.78 is 39.1. The van der Waals surface area contributed by atoms with Gasteiger partial charge in [0.2, 0.25) is 0 Å². The molecule has 0 saturated carbocycles. The number of aliphatic hydroxyl groups is 1. The number of amides is 2. The number of ether oxygens (including phenoxy) is 1. The molecular weight excluding hydrogens is 261 g/mol. The van der Waals surface area contributed by atoms with E-state index in [4.69, 9.17) is 10.2 Å². The molecule has 0 aliphatic heterocycles. The van der Waals surface area contributed by atoms with Crippen molar-refractivity contribution in [1.82, 2.24) is 10.6 Å². The van der Waals surface area contributed by atoms with Gasteiger partial charge in [0.05, 0.1) is 13.2 Å². The minimum atomic E-state index is -4.44. The summed E-state index contributed by atoms with van der Waals surface area (Å²) >= 11 is 0. The second-order valence-corrected chi connectivity index (χ2v) is 3.14. The molecule has 0 aromatic rings. The number of urea groups is 1. The first-order valence-corrected chi connectivity index (χ1v) is 4.79. The number of halogens is 3. The van der Waals surface area contributed by atoms with Gasteiger partial charge in [0.15, 0.2) is 6.04 Å². The van der Waals surface area contributed by atoms with Gasteiger partial charge in [-0.15, -0.1) is 0 Å². The van der Waals surface area contributed by atoms with Crippen LogP contribution in [0.25, 0.3) is 0 Å². The SMILES string of the molecule is O=C(NCCOCC(F)(F)F)N[C@@H](CO)C(=O)O. The Kier molecular flexibility index (Phi) is 7.05. The summed E-state index contributed by atoms with van der Waals surface area (Å²) in [6, 6.07) is -2.40. The van der Waals surface area contributed by atoms with Crippen LogP contribution in [0.5, 0.6) is 0 Å². The number of alkyl halides is 3. The molecule has 0 aliphatic carbocycles. The third-order valence-corrected chi connectivity index (χ3v) is 1.58. The zero-order chi connectivity index (χ0) is 14.2. The lowest BCUT2D eigenvalue weighted by atomic mass is 10.3. The molecule has 0 fully saturated rings. The van der Waals surface area contributed by atoms with Crippen LogP contribution >= 0.6 is 0 Å². The van der Waals surface area contributed by atoms with Gasteiger partial charge >= 0.3 is 18.2 Å². The maximum Gasteiger partial charge on any atom is 0.411 e. The van der Waals surface area contributed by atoms with E-state index in [-0.39, 0.29) is 13.2 Å². The number of carboxylic acids is 1. The van der Waals surface area contributed by atoms with Crippen LogP contribution < -0.4 is 10.6 Å². The molecule has 0 saturated heterocycles. The lowest BCUT2D eigenvalue weighted by Gasteiger charge is -2.13. The number of nitrogens with one attached hydrogen (secondary N) is 2. The van der Waals surface area contributed by atoms with Gasteiger partial charge < -0.3 is 25.6 Å². The number of aliphatic carboxylic acids is 1. The molecule has 7 nitrogen and oxygen atoms in total.